The number of rotatable bonds is 4. The maximum absolute atomic E-state index is 13.1. The molecule has 0 amide bonds. The number of hydrogen-bond acceptors (Lipinski definition) is 3. The van der Waals surface area contributed by atoms with Crippen LogP contribution in [0.25, 0.3) is 11.0 Å². The summed E-state index contributed by atoms with van der Waals surface area (Å²) in [6, 6.07) is 18.0. The summed E-state index contributed by atoms with van der Waals surface area (Å²) in [5.74, 6) is 0.596. The summed E-state index contributed by atoms with van der Waals surface area (Å²) in [5, 5.41) is 0. The predicted molar refractivity (Wildman–Crippen MR) is 115 cm³/mol. The molecule has 5 rings (SSSR count). The molecular weight excluding hydrogens is 455 g/mol. The lowest BCUT2D eigenvalue weighted by Crippen LogP contribution is -2.31. The van der Waals surface area contributed by atoms with Crippen LogP contribution in [-0.4, -0.2) is 24.2 Å². The molecule has 0 unspecified atom stereocenters. The van der Waals surface area contributed by atoms with E-state index in [-0.39, 0.29) is 17.1 Å². The molecule has 1 aliphatic rings. The van der Waals surface area contributed by atoms with E-state index in [9.17, 15) is 21.6 Å². The highest BCUT2D eigenvalue weighted by Gasteiger charge is 2.30. The van der Waals surface area contributed by atoms with Crippen molar-refractivity contribution in [2.45, 2.75) is 24.2 Å². The van der Waals surface area contributed by atoms with Gasteiger partial charge in [0.25, 0.3) is 10.0 Å². The molecule has 6 nitrogen and oxygen atoms in total. The molecule has 170 valence electrons. The van der Waals surface area contributed by atoms with Crippen LogP contribution in [0, 0.1) is 0 Å². The van der Waals surface area contributed by atoms with Gasteiger partial charge in [-0.1, -0.05) is 36.4 Å². The molecule has 0 spiro atoms. The Kier molecular flexibility index (Phi) is 5.04. The van der Waals surface area contributed by atoms with Gasteiger partial charge in [-0.25, -0.2) is 0 Å². The number of para-hydroxylation sites is 1. The van der Waals surface area contributed by atoms with Gasteiger partial charge in [-0.05, 0) is 42.0 Å². The van der Waals surface area contributed by atoms with Crippen molar-refractivity contribution in [3.63, 3.8) is 0 Å². The average Bonchev–Trinajstić information content (AvgIpc) is 3.08. The molecule has 0 bridgehead atoms. The van der Waals surface area contributed by atoms with Crippen LogP contribution in [0.3, 0.4) is 0 Å². The van der Waals surface area contributed by atoms with Gasteiger partial charge < -0.3 is 13.9 Å². The van der Waals surface area contributed by atoms with E-state index in [1.165, 1.54) is 24.3 Å². The second-order valence-corrected chi connectivity index (χ2v) is 9.19. The van der Waals surface area contributed by atoms with Crippen LogP contribution < -0.4 is 10.4 Å². The first-order valence-electron chi connectivity index (χ1n) is 10.1. The van der Waals surface area contributed by atoms with Gasteiger partial charge in [-0.15, -0.1) is 4.40 Å². The quantitative estimate of drug-likeness (QED) is 0.447. The van der Waals surface area contributed by atoms with E-state index in [1.54, 1.807) is 39.5 Å². The molecule has 4 aromatic rings. The lowest BCUT2D eigenvalue weighted by atomic mass is 10.1. The van der Waals surface area contributed by atoms with Crippen molar-refractivity contribution in [2.24, 2.45) is 4.40 Å². The molecule has 3 aromatic carbocycles. The third-order valence-electron chi connectivity index (χ3n) is 5.46. The van der Waals surface area contributed by atoms with Crippen molar-refractivity contribution in [3.8, 4) is 5.75 Å². The molecule has 1 aromatic heterocycles. The van der Waals surface area contributed by atoms with Gasteiger partial charge in [0.15, 0.2) is 0 Å². The SMILES string of the molecule is O=S(=O)(/N=c1\n(Cc2ccc(C(F)(F)F)cc2)c2cccc3c2n1CCO3)c1ccccc1. The number of halogens is 3. The average molecular weight is 473 g/mol. The summed E-state index contributed by atoms with van der Waals surface area (Å²) in [7, 11) is -4.03. The Hall–Kier alpha value is -3.53. The van der Waals surface area contributed by atoms with E-state index in [0.717, 1.165) is 12.1 Å². The fourth-order valence-electron chi connectivity index (χ4n) is 3.92. The molecule has 0 saturated heterocycles. The van der Waals surface area contributed by atoms with Gasteiger partial charge in [-0.2, -0.15) is 21.6 Å². The highest BCUT2D eigenvalue weighted by atomic mass is 32.2. The summed E-state index contributed by atoms with van der Waals surface area (Å²) >= 11 is 0. The van der Waals surface area contributed by atoms with E-state index >= 15 is 0 Å². The molecule has 10 heteroatoms. The third-order valence-corrected chi connectivity index (χ3v) is 6.73. The van der Waals surface area contributed by atoms with E-state index in [1.807, 2.05) is 6.07 Å². The van der Waals surface area contributed by atoms with Gasteiger partial charge in [0, 0.05) is 0 Å². The second-order valence-electron chi connectivity index (χ2n) is 7.58. The van der Waals surface area contributed by atoms with Crippen LogP contribution in [0.4, 0.5) is 13.2 Å². The van der Waals surface area contributed by atoms with Gasteiger partial charge in [-0.3, -0.25) is 0 Å². The summed E-state index contributed by atoms with van der Waals surface area (Å²) in [6.45, 7) is 0.861. The minimum atomic E-state index is -4.43. The van der Waals surface area contributed by atoms with Crippen molar-refractivity contribution in [3.05, 3.63) is 89.5 Å². The van der Waals surface area contributed by atoms with Gasteiger partial charge in [0.1, 0.15) is 17.9 Å². The molecule has 0 fully saturated rings. The Bertz CT molecular complexity index is 1500. The molecule has 1 aliphatic heterocycles. The maximum atomic E-state index is 13.1. The molecule has 0 radical (unpaired) electrons. The topological polar surface area (TPSA) is 65.6 Å². The Balaban J connectivity index is 1.71. The van der Waals surface area contributed by atoms with Gasteiger partial charge in [0.05, 0.1) is 29.1 Å². The monoisotopic (exact) mass is 473 g/mol. The first kappa shape index (κ1) is 21.3. The van der Waals surface area contributed by atoms with Crippen LogP contribution in [0.1, 0.15) is 11.1 Å². The molecule has 0 aliphatic carbocycles. The zero-order valence-corrected chi connectivity index (χ0v) is 18.0. The number of sulfonamides is 1. The molecule has 0 saturated carbocycles. The second kappa shape index (κ2) is 7.80. The zero-order chi connectivity index (χ0) is 23.2. The fraction of sp³-hybridized carbons (Fsp3) is 0.174. The number of hydrogen-bond donors (Lipinski definition) is 0. The highest BCUT2D eigenvalue weighted by molar-refractivity contribution is 7.90. The lowest BCUT2D eigenvalue weighted by Gasteiger charge is -2.15. The van der Waals surface area contributed by atoms with Gasteiger partial charge >= 0.3 is 6.18 Å². The number of alkyl halides is 3. The van der Waals surface area contributed by atoms with E-state index < -0.39 is 21.8 Å². The largest absolute Gasteiger partial charge is 0.489 e. The standard InChI is InChI=1S/C23H18F3N3O3S/c24-23(25,26)17-11-9-16(10-12-17)15-29-19-7-4-8-20-21(19)28(13-14-32-20)22(29)27-33(30,31)18-5-2-1-3-6-18/h1-12H,13-15H2/b27-22-. The van der Waals surface area contributed by atoms with Crippen molar-refractivity contribution < 1.29 is 26.3 Å². The summed E-state index contributed by atoms with van der Waals surface area (Å²) in [6.07, 6.45) is -4.43. The van der Waals surface area contributed by atoms with E-state index in [4.69, 9.17) is 4.74 Å². The van der Waals surface area contributed by atoms with Crippen molar-refractivity contribution in [1.82, 2.24) is 9.13 Å². The summed E-state index contributed by atoms with van der Waals surface area (Å²) in [4.78, 5) is 0.0522. The van der Waals surface area contributed by atoms with Gasteiger partial charge in [0.2, 0.25) is 5.62 Å². The van der Waals surface area contributed by atoms with Crippen molar-refractivity contribution >= 4 is 21.1 Å². The minimum Gasteiger partial charge on any atom is -0.489 e. The Morgan fingerprint density at radius 3 is 2.36 bits per heavy atom. The molecule has 33 heavy (non-hydrogen) atoms. The Labute approximate surface area is 187 Å². The number of ether oxygens (including phenoxy) is 1. The smallest absolute Gasteiger partial charge is 0.416 e. The first-order chi connectivity index (χ1) is 15.7. The Morgan fingerprint density at radius 1 is 0.939 bits per heavy atom. The number of benzene rings is 3. The van der Waals surface area contributed by atoms with Crippen LogP contribution >= 0.6 is 0 Å². The zero-order valence-electron chi connectivity index (χ0n) is 17.2. The maximum Gasteiger partial charge on any atom is 0.416 e. The van der Waals surface area contributed by atoms with Crippen LogP contribution in [-0.2, 0) is 29.3 Å². The molecule has 0 N–H and O–H groups in total. The van der Waals surface area contributed by atoms with Crippen LogP contribution in [0.5, 0.6) is 5.75 Å². The van der Waals surface area contributed by atoms with E-state index in [0.29, 0.717) is 35.5 Å². The summed E-state index contributed by atoms with van der Waals surface area (Å²) in [5.41, 5.74) is 1.38. The normalized spacial score (nSPS) is 14.5. The first-order valence-corrected chi connectivity index (χ1v) is 11.5. The number of nitrogens with zero attached hydrogens (tertiary/aromatic N) is 3. The summed E-state index contributed by atoms with van der Waals surface area (Å²) < 4.78 is 78.4. The highest BCUT2D eigenvalue weighted by Crippen LogP contribution is 2.30. The predicted octanol–water partition coefficient (Wildman–Crippen LogP) is 4.19. The molecule has 2 heterocycles. The minimum absolute atomic E-state index is 0.0522. The Morgan fingerprint density at radius 2 is 1.67 bits per heavy atom. The van der Waals surface area contributed by atoms with E-state index in [2.05, 4.69) is 4.40 Å². The number of imidazole rings is 1. The van der Waals surface area contributed by atoms with Crippen molar-refractivity contribution in [2.75, 3.05) is 6.61 Å². The third kappa shape index (κ3) is 3.91. The van der Waals surface area contributed by atoms with Crippen LogP contribution in [0.2, 0.25) is 0 Å². The molecule has 0 atom stereocenters. The lowest BCUT2D eigenvalue weighted by molar-refractivity contribution is -0.137. The fourth-order valence-corrected chi connectivity index (χ4v) is 4.94. The van der Waals surface area contributed by atoms with Crippen molar-refractivity contribution in [1.29, 1.82) is 0 Å². The number of aromatic nitrogens is 2. The molecular formula is C23H18F3N3O3S. The van der Waals surface area contributed by atoms with Crippen LogP contribution in [0.15, 0.2) is 82.1 Å².